The van der Waals surface area contributed by atoms with E-state index in [-0.39, 0.29) is 5.91 Å². The van der Waals surface area contributed by atoms with Gasteiger partial charge < -0.3 is 0 Å². The van der Waals surface area contributed by atoms with Crippen LogP contribution in [-0.4, -0.2) is 11.6 Å². The topological polar surface area (TPSA) is 41.5 Å². The Bertz CT molecular complexity index is 430. The predicted octanol–water partition coefficient (Wildman–Crippen LogP) is 4.36. The monoisotopic (exact) mass is 288 g/mol. The molecule has 0 aromatic carbocycles. The Morgan fingerprint density at radius 3 is 2.48 bits per heavy atom. The van der Waals surface area contributed by atoms with Crippen LogP contribution in [0.5, 0.6) is 0 Å². The van der Waals surface area contributed by atoms with Gasteiger partial charge in [-0.1, -0.05) is 44.4 Å². The van der Waals surface area contributed by atoms with Crippen LogP contribution in [0.25, 0.3) is 0 Å². The van der Waals surface area contributed by atoms with Crippen molar-refractivity contribution in [1.82, 2.24) is 5.43 Å². The van der Waals surface area contributed by atoms with E-state index in [4.69, 9.17) is 0 Å². The van der Waals surface area contributed by atoms with Gasteiger partial charge >= 0.3 is 0 Å². The Kier molecular flexibility index (Phi) is 6.21. The first-order valence-electron chi connectivity index (χ1n) is 8.39. The fraction of sp³-hybridized carbons (Fsp3) is 0.667. The van der Waals surface area contributed by atoms with Gasteiger partial charge in [0.15, 0.2) is 0 Å². The quantitative estimate of drug-likeness (QED) is 0.355. The molecule has 0 saturated heterocycles. The Hall–Kier alpha value is -1.38. The zero-order chi connectivity index (χ0) is 15.1. The van der Waals surface area contributed by atoms with Crippen LogP contribution in [0.3, 0.4) is 0 Å². The number of rotatable bonds is 4. The lowest BCUT2D eigenvalue weighted by Crippen LogP contribution is -2.20. The van der Waals surface area contributed by atoms with Crippen LogP contribution >= 0.6 is 0 Å². The van der Waals surface area contributed by atoms with Crippen molar-refractivity contribution in [3.05, 3.63) is 24.3 Å². The molecule has 2 rings (SSSR count). The molecule has 0 radical (unpaired) electrons. The molecule has 1 unspecified atom stereocenters. The summed E-state index contributed by atoms with van der Waals surface area (Å²) in [6.45, 7) is 5.47. The summed E-state index contributed by atoms with van der Waals surface area (Å²) < 4.78 is 0. The third-order valence-electron chi connectivity index (χ3n) is 5.02. The second kappa shape index (κ2) is 8.16. The van der Waals surface area contributed by atoms with Crippen LogP contribution in [0.2, 0.25) is 0 Å². The van der Waals surface area contributed by atoms with Gasteiger partial charge in [-0.2, -0.15) is 5.10 Å². The molecule has 0 aromatic heterocycles. The van der Waals surface area contributed by atoms with Crippen LogP contribution in [0.1, 0.15) is 64.7 Å². The van der Waals surface area contributed by atoms with Gasteiger partial charge in [-0.05, 0) is 50.9 Å². The number of nitrogens with one attached hydrogen (secondary N) is 1. The molecule has 21 heavy (non-hydrogen) atoms. The van der Waals surface area contributed by atoms with Crippen molar-refractivity contribution < 1.29 is 4.79 Å². The molecule has 1 amide bonds. The van der Waals surface area contributed by atoms with Crippen molar-refractivity contribution in [3.8, 4) is 0 Å². The minimum Gasteiger partial charge on any atom is -0.267 e. The Morgan fingerprint density at radius 1 is 1.14 bits per heavy atom. The Labute approximate surface area is 128 Å². The zero-order valence-electron chi connectivity index (χ0n) is 13.2. The molecule has 0 spiro atoms. The average molecular weight is 288 g/mol. The fourth-order valence-corrected chi connectivity index (χ4v) is 3.74. The van der Waals surface area contributed by atoms with Crippen LogP contribution in [0, 0.1) is 11.8 Å². The zero-order valence-corrected chi connectivity index (χ0v) is 13.2. The van der Waals surface area contributed by atoms with E-state index in [1.165, 1.54) is 44.9 Å². The molecule has 3 heteroatoms. The second-order valence-corrected chi connectivity index (χ2v) is 6.30. The van der Waals surface area contributed by atoms with Gasteiger partial charge in [-0.3, -0.25) is 4.79 Å². The summed E-state index contributed by atoms with van der Waals surface area (Å²) in [5.41, 5.74) is 4.41. The number of nitrogens with zero attached hydrogens (tertiary/aromatic N) is 1. The van der Waals surface area contributed by atoms with Gasteiger partial charge in [0.05, 0.1) is 0 Å². The lowest BCUT2D eigenvalue weighted by atomic mass is 9.85. The molecule has 0 bridgehead atoms. The molecule has 2 aliphatic carbocycles. The number of amides is 1. The number of carbonyl (C=O) groups is 1. The third-order valence-corrected chi connectivity index (χ3v) is 5.02. The van der Waals surface area contributed by atoms with Crippen LogP contribution < -0.4 is 5.43 Å². The fourth-order valence-electron chi connectivity index (χ4n) is 3.74. The lowest BCUT2D eigenvalue weighted by Gasteiger charge is -2.20. The molecular weight excluding hydrogens is 260 g/mol. The normalized spacial score (nSPS) is 26.6. The van der Waals surface area contributed by atoms with Crippen LogP contribution in [0.15, 0.2) is 29.4 Å². The van der Waals surface area contributed by atoms with Gasteiger partial charge in [0.1, 0.15) is 0 Å². The van der Waals surface area contributed by atoms with Crippen LogP contribution in [0.4, 0.5) is 0 Å². The summed E-state index contributed by atoms with van der Waals surface area (Å²) in [4.78, 5) is 11.8. The number of hydrazone groups is 1. The average Bonchev–Trinajstić information content (AvgIpc) is 2.92. The van der Waals surface area contributed by atoms with Gasteiger partial charge in [0.25, 0.3) is 5.91 Å². The first-order chi connectivity index (χ1) is 10.2. The lowest BCUT2D eigenvalue weighted by molar-refractivity contribution is -0.117. The predicted molar refractivity (Wildman–Crippen MR) is 88.1 cm³/mol. The highest BCUT2D eigenvalue weighted by Crippen LogP contribution is 2.37. The third kappa shape index (κ3) is 4.55. The van der Waals surface area contributed by atoms with Crippen molar-refractivity contribution in [2.75, 3.05) is 0 Å². The number of hydrogen-bond donors (Lipinski definition) is 1. The molecular formula is C18H28N2O. The highest BCUT2D eigenvalue weighted by molar-refractivity contribution is 5.97. The first kappa shape index (κ1) is 16.0. The number of hydrogen-bond acceptors (Lipinski definition) is 2. The van der Waals surface area contributed by atoms with E-state index < -0.39 is 0 Å². The Balaban J connectivity index is 1.85. The number of allylic oxidation sites excluding steroid dienone is 1. The molecule has 3 nitrogen and oxygen atoms in total. The molecule has 0 aromatic rings. The molecule has 1 N–H and O–H groups in total. The van der Waals surface area contributed by atoms with E-state index in [9.17, 15) is 4.79 Å². The van der Waals surface area contributed by atoms with E-state index in [1.54, 1.807) is 12.2 Å². The standard InChI is InChI=1S/C18H28N2O/c1-3-14(4-2)18(21)20-19-17-11-7-10-16(12-13-17)15-8-5-6-9-15/h3-4,15-16H,1,5-13H2,2H3,(H,20,21)/b14-4+,19-17-. The van der Waals surface area contributed by atoms with Crippen molar-refractivity contribution >= 4 is 11.6 Å². The van der Waals surface area contributed by atoms with Crippen molar-refractivity contribution in [1.29, 1.82) is 0 Å². The molecule has 0 heterocycles. The maximum absolute atomic E-state index is 11.8. The minimum absolute atomic E-state index is 0.156. The van der Waals surface area contributed by atoms with Gasteiger partial charge in [0.2, 0.25) is 0 Å². The minimum atomic E-state index is -0.156. The molecule has 2 aliphatic rings. The van der Waals surface area contributed by atoms with E-state index in [1.807, 2.05) is 6.92 Å². The van der Waals surface area contributed by atoms with Crippen LogP contribution in [-0.2, 0) is 4.79 Å². The summed E-state index contributed by atoms with van der Waals surface area (Å²) in [6.07, 6.45) is 14.9. The molecule has 0 aliphatic heterocycles. The first-order valence-corrected chi connectivity index (χ1v) is 8.39. The maximum Gasteiger partial charge on any atom is 0.271 e. The molecule has 116 valence electrons. The van der Waals surface area contributed by atoms with Gasteiger partial charge in [0, 0.05) is 11.3 Å². The maximum atomic E-state index is 11.8. The summed E-state index contributed by atoms with van der Waals surface area (Å²) in [6, 6.07) is 0. The summed E-state index contributed by atoms with van der Waals surface area (Å²) in [5, 5.41) is 4.35. The highest BCUT2D eigenvalue weighted by Gasteiger charge is 2.26. The van der Waals surface area contributed by atoms with Gasteiger partial charge in [-0.25, -0.2) is 5.43 Å². The van der Waals surface area contributed by atoms with Crippen molar-refractivity contribution in [2.45, 2.75) is 64.7 Å². The molecule has 2 saturated carbocycles. The van der Waals surface area contributed by atoms with E-state index in [0.29, 0.717) is 5.57 Å². The summed E-state index contributed by atoms with van der Waals surface area (Å²) >= 11 is 0. The Morgan fingerprint density at radius 2 is 1.81 bits per heavy atom. The highest BCUT2D eigenvalue weighted by atomic mass is 16.2. The van der Waals surface area contributed by atoms with Crippen molar-refractivity contribution in [3.63, 3.8) is 0 Å². The van der Waals surface area contributed by atoms with E-state index in [2.05, 4.69) is 17.1 Å². The molecule has 2 fully saturated rings. The SMILES string of the molecule is C=C/C(=C\C)C(=O)N/N=C1/CCCC(C2CCCC2)CC1. The second-order valence-electron chi connectivity index (χ2n) is 6.30. The van der Waals surface area contributed by atoms with Crippen molar-refractivity contribution in [2.24, 2.45) is 16.9 Å². The summed E-state index contributed by atoms with van der Waals surface area (Å²) in [5.74, 6) is 1.68. The number of carbonyl (C=O) groups excluding carboxylic acids is 1. The van der Waals surface area contributed by atoms with E-state index >= 15 is 0 Å². The smallest absolute Gasteiger partial charge is 0.267 e. The van der Waals surface area contributed by atoms with E-state index in [0.717, 1.165) is 30.4 Å². The largest absolute Gasteiger partial charge is 0.271 e. The summed E-state index contributed by atoms with van der Waals surface area (Å²) in [7, 11) is 0. The molecule has 1 atom stereocenters. The van der Waals surface area contributed by atoms with Gasteiger partial charge in [-0.15, -0.1) is 0 Å².